The van der Waals surface area contributed by atoms with Crippen molar-refractivity contribution in [2.24, 2.45) is 17.8 Å². The molecule has 0 bridgehead atoms. The highest BCUT2D eigenvalue weighted by atomic mass is 16.1. The van der Waals surface area contributed by atoms with Crippen molar-refractivity contribution in [2.45, 2.75) is 64.7 Å². The molecular weight excluding hydrogens is 256 g/mol. The summed E-state index contributed by atoms with van der Waals surface area (Å²) in [7, 11) is 0. The SMILES string of the molecule is CCc1ccc(CC(=O)C2CCC3CCCCC3C2)cc1. The van der Waals surface area contributed by atoms with E-state index in [1.54, 1.807) is 0 Å². The summed E-state index contributed by atoms with van der Waals surface area (Å²) in [5.41, 5.74) is 2.55. The lowest BCUT2D eigenvalue weighted by Gasteiger charge is -2.38. The summed E-state index contributed by atoms with van der Waals surface area (Å²) in [6.45, 7) is 2.17. The van der Waals surface area contributed by atoms with Gasteiger partial charge in [0.1, 0.15) is 5.78 Å². The zero-order chi connectivity index (χ0) is 14.7. The number of hydrogen-bond donors (Lipinski definition) is 0. The first-order chi connectivity index (χ1) is 10.3. The number of Topliss-reactive ketones (excluding diaryl/α,β-unsaturated/α-hetero) is 1. The lowest BCUT2D eigenvalue weighted by molar-refractivity contribution is -0.124. The monoisotopic (exact) mass is 284 g/mol. The Balaban J connectivity index is 1.57. The molecule has 2 fully saturated rings. The first-order valence-corrected chi connectivity index (χ1v) is 8.86. The third-order valence-electron chi connectivity index (χ3n) is 5.80. The third-order valence-corrected chi connectivity index (χ3v) is 5.80. The Bertz CT molecular complexity index is 473. The molecule has 1 aromatic carbocycles. The van der Waals surface area contributed by atoms with Crippen molar-refractivity contribution in [1.29, 1.82) is 0 Å². The van der Waals surface area contributed by atoms with E-state index < -0.39 is 0 Å². The van der Waals surface area contributed by atoms with Gasteiger partial charge in [0.2, 0.25) is 0 Å². The molecule has 0 amide bonds. The molecule has 0 radical (unpaired) electrons. The van der Waals surface area contributed by atoms with Gasteiger partial charge in [0, 0.05) is 12.3 Å². The Labute approximate surface area is 129 Å². The van der Waals surface area contributed by atoms with Crippen molar-refractivity contribution < 1.29 is 4.79 Å². The lowest BCUT2D eigenvalue weighted by Crippen LogP contribution is -2.31. The Morgan fingerprint density at radius 3 is 2.33 bits per heavy atom. The van der Waals surface area contributed by atoms with Crippen molar-refractivity contribution in [3.8, 4) is 0 Å². The first-order valence-electron chi connectivity index (χ1n) is 8.86. The van der Waals surface area contributed by atoms with Crippen LogP contribution in [0.5, 0.6) is 0 Å². The van der Waals surface area contributed by atoms with Gasteiger partial charge in [0.25, 0.3) is 0 Å². The van der Waals surface area contributed by atoms with E-state index in [0.717, 1.165) is 24.7 Å². The van der Waals surface area contributed by atoms with Crippen LogP contribution in [0.25, 0.3) is 0 Å². The molecule has 2 aliphatic rings. The summed E-state index contributed by atoms with van der Waals surface area (Å²) in [5.74, 6) is 2.62. The van der Waals surface area contributed by atoms with E-state index in [0.29, 0.717) is 18.1 Å². The van der Waals surface area contributed by atoms with E-state index in [2.05, 4.69) is 31.2 Å². The van der Waals surface area contributed by atoms with E-state index in [1.165, 1.54) is 49.7 Å². The van der Waals surface area contributed by atoms with E-state index in [4.69, 9.17) is 0 Å². The van der Waals surface area contributed by atoms with Gasteiger partial charge < -0.3 is 0 Å². The Kier molecular flexibility index (Phi) is 4.77. The number of rotatable bonds is 4. The van der Waals surface area contributed by atoms with Crippen LogP contribution in [0.3, 0.4) is 0 Å². The molecule has 2 saturated carbocycles. The molecule has 0 saturated heterocycles. The predicted octanol–water partition coefficient (Wildman–Crippen LogP) is 4.97. The fourth-order valence-corrected chi connectivity index (χ4v) is 4.40. The molecule has 0 heterocycles. The fraction of sp³-hybridized carbons (Fsp3) is 0.650. The fourth-order valence-electron chi connectivity index (χ4n) is 4.40. The van der Waals surface area contributed by atoms with Gasteiger partial charge in [-0.25, -0.2) is 0 Å². The average molecular weight is 284 g/mol. The second-order valence-corrected chi connectivity index (χ2v) is 7.13. The predicted molar refractivity (Wildman–Crippen MR) is 87.3 cm³/mol. The number of fused-ring (bicyclic) bond motifs is 1. The number of carbonyl (C=O) groups is 1. The lowest BCUT2D eigenvalue weighted by atomic mass is 9.66. The maximum atomic E-state index is 12.6. The van der Waals surface area contributed by atoms with Crippen molar-refractivity contribution in [3.05, 3.63) is 35.4 Å². The first kappa shape index (κ1) is 14.8. The largest absolute Gasteiger partial charge is 0.299 e. The van der Waals surface area contributed by atoms with Crippen LogP contribution in [0.1, 0.15) is 63.0 Å². The molecule has 21 heavy (non-hydrogen) atoms. The molecule has 3 unspecified atom stereocenters. The minimum absolute atomic E-state index is 0.343. The van der Waals surface area contributed by atoms with Gasteiger partial charge >= 0.3 is 0 Å². The topological polar surface area (TPSA) is 17.1 Å². The number of benzene rings is 1. The number of aryl methyl sites for hydroxylation is 1. The van der Waals surface area contributed by atoms with Crippen molar-refractivity contribution >= 4 is 5.78 Å². The molecule has 3 atom stereocenters. The molecule has 1 heteroatoms. The van der Waals surface area contributed by atoms with Crippen molar-refractivity contribution in [2.75, 3.05) is 0 Å². The summed E-state index contributed by atoms with van der Waals surface area (Å²) in [5, 5.41) is 0. The number of ketones is 1. The molecule has 1 nitrogen and oxygen atoms in total. The molecule has 0 N–H and O–H groups in total. The Hall–Kier alpha value is -1.11. The van der Waals surface area contributed by atoms with Crippen LogP contribution < -0.4 is 0 Å². The standard InChI is InChI=1S/C20H28O/c1-2-15-7-9-16(10-8-15)13-20(21)19-12-11-17-5-3-4-6-18(17)14-19/h7-10,17-19H,2-6,11-14H2,1H3. The molecule has 0 spiro atoms. The van der Waals surface area contributed by atoms with Crippen LogP contribution in [0.2, 0.25) is 0 Å². The van der Waals surface area contributed by atoms with Crippen LogP contribution in [0.15, 0.2) is 24.3 Å². The normalized spacial score (nSPS) is 28.9. The second-order valence-electron chi connectivity index (χ2n) is 7.13. The smallest absolute Gasteiger partial charge is 0.140 e. The van der Waals surface area contributed by atoms with E-state index in [-0.39, 0.29) is 0 Å². The zero-order valence-electron chi connectivity index (χ0n) is 13.3. The summed E-state index contributed by atoms with van der Waals surface area (Å²) >= 11 is 0. The maximum Gasteiger partial charge on any atom is 0.140 e. The van der Waals surface area contributed by atoms with Gasteiger partial charge in [0.05, 0.1) is 0 Å². The van der Waals surface area contributed by atoms with Crippen molar-refractivity contribution in [3.63, 3.8) is 0 Å². The van der Waals surface area contributed by atoms with Gasteiger partial charge in [-0.05, 0) is 48.6 Å². The molecule has 1 aromatic rings. The highest BCUT2D eigenvalue weighted by Crippen LogP contribution is 2.43. The summed E-state index contributed by atoms with van der Waals surface area (Å²) in [6, 6.07) is 8.62. The summed E-state index contributed by atoms with van der Waals surface area (Å²) < 4.78 is 0. The van der Waals surface area contributed by atoms with E-state index >= 15 is 0 Å². The highest BCUT2D eigenvalue weighted by molar-refractivity contribution is 5.83. The highest BCUT2D eigenvalue weighted by Gasteiger charge is 2.34. The minimum Gasteiger partial charge on any atom is -0.299 e. The van der Waals surface area contributed by atoms with Crippen LogP contribution in [0, 0.1) is 17.8 Å². The van der Waals surface area contributed by atoms with E-state index in [9.17, 15) is 4.79 Å². The quantitative estimate of drug-likeness (QED) is 0.763. The van der Waals surface area contributed by atoms with Gasteiger partial charge in [-0.2, -0.15) is 0 Å². The number of carbonyl (C=O) groups excluding carboxylic acids is 1. The van der Waals surface area contributed by atoms with E-state index in [1.807, 2.05) is 0 Å². The van der Waals surface area contributed by atoms with Gasteiger partial charge in [-0.1, -0.05) is 56.9 Å². The zero-order valence-corrected chi connectivity index (χ0v) is 13.3. The van der Waals surface area contributed by atoms with Gasteiger partial charge in [-0.3, -0.25) is 4.79 Å². The minimum atomic E-state index is 0.343. The Morgan fingerprint density at radius 2 is 1.62 bits per heavy atom. The van der Waals surface area contributed by atoms with Crippen LogP contribution in [-0.4, -0.2) is 5.78 Å². The van der Waals surface area contributed by atoms with Crippen LogP contribution in [0.4, 0.5) is 0 Å². The van der Waals surface area contributed by atoms with Crippen molar-refractivity contribution in [1.82, 2.24) is 0 Å². The number of hydrogen-bond acceptors (Lipinski definition) is 1. The summed E-state index contributed by atoms with van der Waals surface area (Å²) in [6.07, 6.45) is 10.9. The Morgan fingerprint density at radius 1 is 0.952 bits per heavy atom. The van der Waals surface area contributed by atoms with Gasteiger partial charge in [0.15, 0.2) is 0 Å². The third kappa shape index (κ3) is 3.56. The average Bonchev–Trinajstić information content (AvgIpc) is 2.55. The molecular formula is C20H28O. The molecule has 0 aromatic heterocycles. The molecule has 114 valence electrons. The van der Waals surface area contributed by atoms with Crippen LogP contribution >= 0.6 is 0 Å². The second kappa shape index (κ2) is 6.77. The molecule has 2 aliphatic carbocycles. The van der Waals surface area contributed by atoms with Crippen LogP contribution in [-0.2, 0) is 17.6 Å². The summed E-state index contributed by atoms with van der Waals surface area (Å²) in [4.78, 5) is 12.6. The maximum absolute atomic E-state index is 12.6. The molecule has 0 aliphatic heterocycles. The molecule has 3 rings (SSSR count). The van der Waals surface area contributed by atoms with Gasteiger partial charge in [-0.15, -0.1) is 0 Å².